The molecule has 4 aromatic rings. The van der Waals surface area contributed by atoms with Gasteiger partial charge in [0.2, 0.25) is 0 Å². The third kappa shape index (κ3) is 5.50. The van der Waals surface area contributed by atoms with Gasteiger partial charge < -0.3 is 4.74 Å². The first kappa shape index (κ1) is 24.4. The van der Waals surface area contributed by atoms with Crippen molar-refractivity contribution in [1.29, 1.82) is 0 Å². The molecule has 166 valence electrons. The zero-order valence-electron chi connectivity index (χ0n) is 19.2. The van der Waals surface area contributed by atoms with Gasteiger partial charge in [-0.3, -0.25) is 5.32 Å². The Hall–Kier alpha value is -2.70. The Balaban J connectivity index is 0.00000274. The molecule has 1 atom stereocenters. The third-order valence-electron chi connectivity index (χ3n) is 5.74. The normalized spacial score (nSPS) is 13.1. The maximum Gasteiger partial charge on any atom is 1.00 e. The first-order chi connectivity index (χ1) is 16.1. The molecule has 0 radical (unpaired) electrons. The van der Waals surface area contributed by atoms with E-state index in [2.05, 4.69) is 46.8 Å². The number of ether oxygens (including phenoxy) is 1. The minimum absolute atomic E-state index is 0. The number of anilines is 1. The number of carbonyl (C=O) groups is 1. The van der Waals surface area contributed by atoms with Gasteiger partial charge in [0, 0.05) is 16.7 Å². The van der Waals surface area contributed by atoms with E-state index in [1.54, 1.807) is 29.9 Å². The van der Waals surface area contributed by atoms with Crippen LogP contribution in [0.3, 0.4) is 0 Å². The number of aromatic nitrogens is 2. The predicted molar refractivity (Wildman–Crippen MR) is 131 cm³/mol. The molecule has 0 saturated heterocycles. The van der Waals surface area contributed by atoms with Gasteiger partial charge in [0.05, 0.1) is 11.9 Å². The summed E-state index contributed by atoms with van der Waals surface area (Å²) in [5.41, 5.74) is 5.23. The fraction of sp³-hybridized carbons (Fsp3) is 0.148. The van der Waals surface area contributed by atoms with Gasteiger partial charge in [-0.1, -0.05) is 54.8 Å². The van der Waals surface area contributed by atoms with Gasteiger partial charge in [-0.25, -0.2) is 9.48 Å². The molecule has 1 amide bonds. The maximum atomic E-state index is 12.5. The van der Waals surface area contributed by atoms with Crippen LogP contribution in [0.25, 0.3) is 16.8 Å². The molecule has 0 unspecified atom stereocenters. The zero-order chi connectivity index (χ0) is 22.8. The SMILES string of the molecule is C[C@@H](OC(=O)Nc1ccnn1-c1ccc(-c2ccc([C-]3CC3)cc2)cc1)c1ccccc1Cl.[Na+]. The van der Waals surface area contributed by atoms with Gasteiger partial charge in [-0.15, -0.1) is 12.1 Å². The van der Waals surface area contributed by atoms with E-state index in [0.717, 1.165) is 16.8 Å². The molecule has 0 bridgehead atoms. The monoisotopic (exact) mass is 479 g/mol. The largest absolute Gasteiger partial charge is 1.00 e. The van der Waals surface area contributed by atoms with Crippen LogP contribution in [0.15, 0.2) is 85.1 Å². The minimum Gasteiger partial charge on any atom is -0.441 e. The molecule has 5 nitrogen and oxygen atoms in total. The zero-order valence-corrected chi connectivity index (χ0v) is 21.9. The summed E-state index contributed by atoms with van der Waals surface area (Å²) in [5.74, 6) is 2.06. The Morgan fingerprint density at radius 1 is 1.00 bits per heavy atom. The van der Waals surface area contributed by atoms with E-state index >= 15 is 0 Å². The van der Waals surface area contributed by atoms with Gasteiger partial charge in [0.15, 0.2) is 0 Å². The molecule has 1 aromatic heterocycles. The molecule has 1 saturated carbocycles. The fourth-order valence-electron chi connectivity index (χ4n) is 3.81. The van der Waals surface area contributed by atoms with E-state index in [0.29, 0.717) is 10.8 Å². The second kappa shape index (κ2) is 10.7. The summed E-state index contributed by atoms with van der Waals surface area (Å²) < 4.78 is 7.18. The van der Waals surface area contributed by atoms with E-state index in [1.807, 2.05) is 30.3 Å². The van der Waals surface area contributed by atoms with E-state index < -0.39 is 12.2 Å². The topological polar surface area (TPSA) is 56.1 Å². The summed E-state index contributed by atoms with van der Waals surface area (Å²) in [7, 11) is 0. The molecule has 0 aliphatic heterocycles. The fourth-order valence-corrected chi connectivity index (χ4v) is 4.10. The molecule has 1 heterocycles. The Labute approximate surface area is 226 Å². The minimum atomic E-state index is -0.575. The maximum absolute atomic E-state index is 12.5. The first-order valence-corrected chi connectivity index (χ1v) is 11.3. The van der Waals surface area contributed by atoms with Crippen LogP contribution < -0.4 is 34.9 Å². The van der Waals surface area contributed by atoms with Crippen molar-refractivity contribution >= 4 is 23.5 Å². The molecule has 5 rings (SSSR count). The van der Waals surface area contributed by atoms with Gasteiger partial charge >= 0.3 is 35.7 Å². The van der Waals surface area contributed by atoms with Crippen LogP contribution in [0, 0.1) is 5.92 Å². The Kier molecular flexibility index (Phi) is 7.69. The van der Waals surface area contributed by atoms with Crippen LogP contribution in [0.5, 0.6) is 0 Å². The number of hydrogen-bond acceptors (Lipinski definition) is 3. The molecule has 7 heteroatoms. The smallest absolute Gasteiger partial charge is 0.441 e. The number of halogens is 1. The van der Waals surface area contributed by atoms with E-state index in [-0.39, 0.29) is 29.6 Å². The molecular formula is C27H23ClN3NaO2. The molecule has 1 N–H and O–H groups in total. The standard InChI is InChI=1S/C27H23ClN3O2.Na/c1-18(24-4-2-3-5-25(24)28)33-27(32)30-26-16-17-29-31(26)23-14-12-22(13-15-23)21-10-8-20(9-11-21)19-6-7-19;/h2-5,8-18H,6-7H2,1H3,(H,30,32);/q-1;+1/t18-;/m1./s1. The number of benzene rings is 3. The number of nitrogens with zero attached hydrogens (tertiary/aromatic N) is 2. The van der Waals surface area contributed by atoms with Crippen molar-refractivity contribution in [3.63, 3.8) is 0 Å². The molecule has 0 spiro atoms. The molecular weight excluding hydrogens is 457 g/mol. The molecule has 1 aliphatic rings. The van der Waals surface area contributed by atoms with E-state index in [9.17, 15) is 4.79 Å². The predicted octanol–water partition coefficient (Wildman–Crippen LogP) is 4.22. The van der Waals surface area contributed by atoms with Crippen molar-refractivity contribution in [2.45, 2.75) is 25.9 Å². The quantitative estimate of drug-likeness (QED) is 0.333. The van der Waals surface area contributed by atoms with Gasteiger partial charge in [0.25, 0.3) is 0 Å². The molecule has 1 fully saturated rings. The average molecular weight is 480 g/mol. The number of nitrogens with one attached hydrogen (secondary N) is 1. The number of amides is 1. The van der Waals surface area contributed by atoms with Crippen molar-refractivity contribution in [1.82, 2.24) is 9.78 Å². The van der Waals surface area contributed by atoms with Crippen molar-refractivity contribution in [3.8, 4) is 16.8 Å². The summed E-state index contributed by atoms with van der Waals surface area (Å²) in [5, 5.41) is 7.68. The van der Waals surface area contributed by atoms with Gasteiger partial charge in [-0.2, -0.15) is 28.7 Å². The molecule has 3 aromatic carbocycles. The molecule has 34 heavy (non-hydrogen) atoms. The van der Waals surface area contributed by atoms with Crippen molar-refractivity contribution < 1.29 is 39.1 Å². The van der Waals surface area contributed by atoms with E-state index in [1.165, 1.54) is 29.9 Å². The van der Waals surface area contributed by atoms with Crippen LogP contribution in [0.2, 0.25) is 5.02 Å². The number of rotatable bonds is 6. The van der Waals surface area contributed by atoms with Crippen molar-refractivity contribution in [2.75, 3.05) is 5.32 Å². The summed E-state index contributed by atoms with van der Waals surface area (Å²) in [4.78, 5) is 12.5. The number of hydrogen-bond donors (Lipinski definition) is 1. The molecule has 1 aliphatic carbocycles. The average Bonchev–Trinajstić information content (AvgIpc) is 3.58. The van der Waals surface area contributed by atoms with Gasteiger partial charge in [0.1, 0.15) is 11.9 Å². The third-order valence-corrected chi connectivity index (χ3v) is 6.08. The van der Waals surface area contributed by atoms with Crippen LogP contribution in [0.1, 0.15) is 37.0 Å². The van der Waals surface area contributed by atoms with Crippen LogP contribution >= 0.6 is 11.6 Å². The van der Waals surface area contributed by atoms with Crippen LogP contribution in [-0.2, 0) is 4.74 Å². The van der Waals surface area contributed by atoms with Gasteiger partial charge in [-0.05, 0) is 36.2 Å². The second-order valence-electron chi connectivity index (χ2n) is 8.05. The first-order valence-electron chi connectivity index (χ1n) is 10.9. The Bertz CT molecular complexity index is 1270. The number of carbonyl (C=O) groups excluding carboxylic acids is 1. The summed E-state index contributed by atoms with van der Waals surface area (Å²) in [6.45, 7) is 1.78. The summed E-state index contributed by atoms with van der Waals surface area (Å²) in [6.07, 6.45) is 3.02. The van der Waals surface area contributed by atoms with E-state index in [4.69, 9.17) is 16.3 Å². The van der Waals surface area contributed by atoms with Crippen LogP contribution in [0.4, 0.5) is 10.6 Å². The van der Waals surface area contributed by atoms with Crippen molar-refractivity contribution in [2.24, 2.45) is 0 Å². The summed E-state index contributed by atoms with van der Waals surface area (Å²) in [6, 6.07) is 25.8. The summed E-state index contributed by atoms with van der Waals surface area (Å²) >= 11 is 6.20. The Morgan fingerprint density at radius 3 is 2.29 bits per heavy atom. The van der Waals surface area contributed by atoms with Crippen LogP contribution in [-0.4, -0.2) is 15.9 Å². The van der Waals surface area contributed by atoms with Crippen molar-refractivity contribution in [3.05, 3.63) is 107 Å². The Morgan fingerprint density at radius 2 is 1.65 bits per heavy atom. The second-order valence-corrected chi connectivity index (χ2v) is 8.46.